The fourth-order valence-electron chi connectivity index (χ4n) is 1.45. The van der Waals surface area contributed by atoms with E-state index in [4.69, 9.17) is 16.3 Å². The van der Waals surface area contributed by atoms with Crippen molar-refractivity contribution >= 4 is 17.5 Å². The molecule has 0 heterocycles. The highest BCUT2D eigenvalue weighted by Crippen LogP contribution is 2.27. The number of halogens is 1. The summed E-state index contributed by atoms with van der Waals surface area (Å²) in [6, 6.07) is 0.480. The van der Waals surface area contributed by atoms with Gasteiger partial charge in [-0.2, -0.15) is 0 Å². The van der Waals surface area contributed by atoms with Crippen LogP contribution in [0.4, 0.5) is 0 Å². The maximum atomic E-state index is 11.7. The van der Waals surface area contributed by atoms with Crippen molar-refractivity contribution in [2.24, 2.45) is 0 Å². The van der Waals surface area contributed by atoms with E-state index in [9.17, 15) is 4.79 Å². The molecule has 1 rings (SSSR count). The van der Waals surface area contributed by atoms with Gasteiger partial charge < -0.3 is 9.64 Å². The van der Waals surface area contributed by atoms with E-state index in [1.807, 2.05) is 4.90 Å². The quantitative estimate of drug-likeness (QED) is 0.610. The molecule has 0 aliphatic heterocycles. The van der Waals surface area contributed by atoms with Crippen LogP contribution in [-0.4, -0.2) is 43.0 Å². The van der Waals surface area contributed by atoms with Crippen LogP contribution < -0.4 is 0 Å². The Morgan fingerprint density at radius 3 is 2.79 bits per heavy atom. The maximum Gasteiger partial charge on any atom is 0.222 e. The summed E-state index contributed by atoms with van der Waals surface area (Å²) in [6.07, 6.45) is 3.65. The average molecular weight is 220 g/mol. The minimum Gasteiger partial charge on any atom is -0.383 e. The lowest BCUT2D eigenvalue weighted by Crippen LogP contribution is -2.35. The van der Waals surface area contributed by atoms with Crippen LogP contribution in [0.1, 0.15) is 25.7 Å². The zero-order valence-electron chi connectivity index (χ0n) is 8.67. The van der Waals surface area contributed by atoms with E-state index in [0.29, 0.717) is 24.9 Å². The van der Waals surface area contributed by atoms with Crippen LogP contribution in [0.25, 0.3) is 0 Å². The number of methoxy groups -OCH3 is 1. The summed E-state index contributed by atoms with van der Waals surface area (Å²) in [5.74, 6) is 0.791. The second kappa shape index (κ2) is 6.25. The van der Waals surface area contributed by atoms with Crippen LogP contribution in [0.3, 0.4) is 0 Å². The van der Waals surface area contributed by atoms with Gasteiger partial charge in [-0.1, -0.05) is 0 Å². The Morgan fingerprint density at radius 2 is 2.29 bits per heavy atom. The van der Waals surface area contributed by atoms with Crippen molar-refractivity contribution in [3.8, 4) is 0 Å². The van der Waals surface area contributed by atoms with Crippen LogP contribution >= 0.6 is 11.6 Å². The van der Waals surface area contributed by atoms with Crippen LogP contribution in [0.5, 0.6) is 0 Å². The third-order valence-corrected chi connectivity index (χ3v) is 2.64. The molecule has 3 nitrogen and oxygen atoms in total. The summed E-state index contributed by atoms with van der Waals surface area (Å²) in [7, 11) is 1.66. The monoisotopic (exact) mass is 219 g/mol. The minimum atomic E-state index is 0.227. The summed E-state index contributed by atoms with van der Waals surface area (Å²) in [5, 5.41) is 0. The second-order valence-corrected chi connectivity index (χ2v) is 3.98. The van der Waals surface area contributed by atoms with Crippen molar-refractivity contribution in [2.45, 2.75) is 31.7 Å². The van der Waals surface area contributed by atoms with Gasteiger partial charge in [0, 0.05) is 32.0 Å². The first-order valence-corrected chi connectivity index (χ1v) is 5.67. The largest absolute Gasteiger partial charge is 0.383 e. The van der Waals surface area contributed by atoms with Gasteiger partial charge in [-0.05, 0) is 19.3 Å². The van der Waals surface area contributed by atoms with Gasteiger partial charge in [-0.3, -0.25) is 4.79 Å². The summed E-state index contributed by atoms with van der Waals surface area (Å²) in [5.41, 5.74) is 0. The van der Waals surface area contributed by atoms with E-state index in [0.717, 1.165) is 25.8 Å². The normalized spacial score (nSPS) is 15.6. The zero-order chi connectivity index (χ0) is 10.4. The van der Waals surface area contributed by atoms with E-state index < -0.39 is 0 Å². The van der Waals surface area contributed by atoms with E-state index in [-0.39, 0.29) is 5.91 Å². The number of nitrogens with zero attached hydrogens (tertiary/aromatic N) is 1. The molecule has 0 N–H and O–H groups in total. The minimum absolute atomic E-state index is 0.227. The van der Waals surface area contributed by atoms with Gasteiger partial charge in [0.15, 0.2) is 0 Å². The van der Waals surface area contributed by atoms with Gasteiger partial charge in [-0.15, -0.1) is 11.6 Å². The molecule has 0 aromatic carbocycles. The van der Waals surface area contributed by atoms with Gasteiger partial charge in [0.2, 0.25) is 5.91 Å². The molecule has 0 aromatic rings. The first-order valence-electron chi connectivity index (χ1n) is 5.14. The van der Waals surface area contributed by atoms with Crippen LogP contribution in [-0.2, 0) is 9.53 Å². The van der Waals surface area contributed by atoms with E-state index in [2.05, 4.69) is 0 Å². The van der Waals surface area contributed by atoms with Crippen molar-refractivity contribution in [1.82, 2.24) is 4.90 Å². The Kier molecular flexibility index (Phi) is 5.26. The molecular weight excluding hydrogens is 202 g/mol. The lowest BCUT2D eigenvalue weighted by molar-refractivity contribution is -0.132. The molecule has 0 bridgehead atoms. The molecule has 0 unspecified atom stereocenters. The van der Waals surface area contributed by atoms with Crippen molar-refractivity contribution in [3.63, 3.8) is 0 Å². The predicted molar refractivity (Wildman–Crippen MR) is 56.6 cm³/mol. The first kappa shape index (κ1) is 11.8. The van der Waals surface area contributed by atoms with Crippen molar-refractivity contribution < 1.29 is 9.53 Å². The molecule has 82 valence electrons. The van der Waals surface area contributed by atoms with Gasteiger partial charge >= 0.3 is 0 Å². The SMILES string of the molecule is COCCN(C(=O)CCCCl)C1CC1. The number of ether oxygens (including phenoxy) is 1. The number of amides is 1. The Balaban J connectivity index is 2.28. The summed E-state index contributed by atoms with van der Waals surface area (Å²) >= 11 is 5.55. The molecular formula is C10H18ClNO2. The third-order valence-electron chi connectivity index (χ3n) is 2.37. The molecule has 0 spiro atoms. The predicted octanol–water partition coefficient (Wildman–Crippen LogP) is 1.64. The molecule has 1 aliphatic rings. The zero-order valence-corrected chi connectivity index (χ0v) is 9.42. The number of hydrogen-bond acceptors (Lipinski definition) is 2. The number of alkyl halides is 1. The second-order valence-electron chi connectivity index (χ2n) is 3.60. The van der Waals surface area contributed by atoms with Gasteiger partial charge in [0.1, 0.15) is 0 Å². The standard InChI is InChI=1S/C10H18ClNO2/c1-14-8-7-12(9-4-5-9)10(13)3-2-6-11/h9H,2-8H2,1H3. The number of hydrogen-bond donors (Lipinski definition) is 0. The average Bonchev–Trinajstić information content (AvgIpc) is 2.99. The smallest absolute Gasteiger partial charge is 0.222 e. The highest BCUT2D eigenvalue weighted by molar-refractivity contribution is 6.17. The Morgan fingerprint density at radius 1 is 1.57 bits per heavy atom. The molecule has 1 aliphatic carbocycles. The van der Waals surface area contributed by atoms with Crippen molar-refractivity contribution in [3.05, 3.63) is 0 Å². The molecule has 0 aromatic heterocycles. The van der Waals surface area contributed by atoms with Gasteiger partial charge in [-0.25, -0.2) is 0 Å². The molecule has 14 heavy (non-hydrogen) atoms. The Hall–Kier alpha value is -0.280. The lowest BCUT2D eigenvalue weighted by Gasteiger charge is -2.21. The van der Waals surface area contributed by atoms with E-state index in [1.54, 1.807) is 7.11 Å². The fourth-order valence-corrected chi connectivity index (χ4v) is 1.58. The van der Waals surface area contributed by atoms with Gasteiger partial charge in [0.05, 0.1) is 6.61 Å². The molecule has 0 atom stereocenters. The lowest BCUT2D eigenvalue weighted by atomic mass is 10.3. The molecule has 1 saturated carbocycles. The van der Waals surface area contributed by atoms with Crippen LogP contribution in [0, 0.1) is 0 Å². The van der Waals surface area contributed by atoms with E-state index in [1.165, 1.54) is 0 Å². The topological polar surface area (TPSA) is 29.5 Å². The molecule has 0 radical (unpaired) electrons. The maximum absolute atomic E-state index is 11.7. The van der Waals surface area contributed by atoms with Crippen molar-refractivity contribution in [1.29, 1.82) is 0 Å². The Labute approximate surface area is 90.4 Å². The molecule has 1 amide bonds. The summed E-state index contributed by atoms with van der Waals surface area (Å²) < 4.78 is 4.98. The molecule has 1 fully saturated rings. The van der Waals surface area contributed by atoms with Crippen LogP contribution in [0.2, 0.25) is 0 Å². The Bertz CT molecular complexity index is 183. The highest BCUT2D eigenvalue weighted by Gasteiger charge is 2.31. The van der Waals surface area contributed by atoms with E-state index >= 15 is 0 Å². The molecule has 0 saturated heterocycles. The van der Waals surface area contributed by atoms with Crippen molar-refractivity contribution in [2.75, 3.05) is 26.1 Å². The van der Waals surface area contributed by atoms with Gasteiger partial charge in [0.25, 0.3) is 0 Å². The molecule has 4 heteroatoms. The number of rotatable bonds is 7. The number of carbonyl (C=O) groups is 1. The highest BCUT2D eigenvalue weighted by atomic mass is 35.5. The third kappa shape index (κ3) is 3.84. The summed E-state index contributed by atoms with van der Waals surface area (Å²) in [6.45, 7) is 1.35. The fraction of sp³-hybridized carbons (Fsp3) is 0.900. The first-order chi connectivity index (χ1) is 6.79. The van der Waals surface area contributed by atoms with Crippen LogP contribution in [0.15, 0.2) is 0 Å². The summed E-state index contributed by atoms with van der Waals surface area (Å²) in [4.78, 5) is 13.6. The number of carbonyl (C=O) groups excluding carboxylic acids is 1.